The lowest BCUT2D eigenvalue weighted by Crippen LogP contribution is -2.59. The highest BCUT2D eigenvalue weighted by Gasteiger charge is 2.32. The van der Waals surface area contributed by atoms with Crippen molar-refractivity contribution >= 4 is 11.8 Å². The number of carbonyl (C=O) groups is 2. The molecule has 0 aromatic rings. The molecule has 0 aromatic carbocycles. The number of nitrogens with zero attached hydrogens (tertiary/aromatic N) is 2. The summed E-state index contributed by atoms with van der Waals surface area (Å²) in [6.07, 6.45) is -4.43. The molecule has 2 N–H and O–H groups in total. The second kappa shape index (κ2) is 6.89. The number of nitrogens with one attached hydrogen (secondary N) is 2. The summed E-state index contributed by atoms with van der Waals surface area (Å²) in [6, 6.07) is -0.532. The Labute approximate surface area is 115 Å². The molecule has 0 bridgehead atoms. The van der Waals surface area contributed by atoms with Gasteiger partial charge in [0.15, 0.2) is 0 Å². The van der Waals surface area contributed by atoms with Crippen molar-refractivity contribution in [1.82, 2.24) is 20.4 Å². The molecule has 1 heterocycles. The van der Waals surface area contributed by atoms with Gasteiger partial charge in [-0.25, -0.2) is 0 Å². The summed E-state index contributed by atoms with van der Waals surface area (Å²) >= 11 is 0. The largest absolute Gasteiger partial charge is 0.405 e. The fraction of sp³-hybridized carbons (Fsp3) is 0.818. The molecule has 20 heavy (non-hydrogen) atoms. The minimum atomic E-state index is -4.43. The molecule has 6 nitrogen and oxygen atoms in total. The number of amides is 2. The number of halogens is 3. The molecular formula is C11H19F3N4O2. The maximum absolute atomic E-state index is 12.0. The van der Waals surface area contributed by atoms with Crippen molar-refractivity contribution in [2.45, 2.75) is 12.2 Å². The van der Waals surface area contributed by atoms with Crippen LogP contribution in [-0.4, -0.2) is 80.7 Å². The molecule has 1 saturated heterocycles. The molecule has 0 aliphatic carbocycles. The van der Waals surface area contributed by atoms with Crippen LogP contribution in [0.2, 0.25) is 0 Å². The second-order valence-electron chi connectivity index (χ2n) is 4.81. The van der Waals surface area contributed by atoms with Crippen LogP contribution in [0.3, 0.4) is 0 Å². The fourth-order valence-corrected chi connectivity index (χ4v) is 1.92. The predicted molar refractivity (Wildman–Crippen MR) is 66.0 cm³/mol. The molecule has 9 heteroatoms. The summed E-state index contributed by atoms with van der Waals surface area (Å²) in [4.78, 5) is 26.4. The first kappa shape index (κ1) is 16.7. The second-order valence-corrected chi connectivity index (χ2v) is 4.81. The molecule has 1 rings (SSSR count). The summed E-state index contributed by atoms with van der Waals surface area (Å²) in [5, 5.41) is 4.84. The number of piperazine rings is 1. The van der Waals surface area contributed by atoms with Crippen molar-refractivity contribution in [2.75, 3.05) is 46.8 Å². The lowest BCUT2D eigenvalue weighted by Gasteiger charge is -2.35. The van der Waals surface area contributed by atoms with E-state index in [-0.39, 0.29) is 12.5 Å². The summed E-state index contributed by atoms with van der Waals surface area (Å²) in [5.41, 5.74) is 0. The molecule has 1 unspecified atom stereocenters. The first-order valence-electron chi connectivity index (χ1n) is 6.20. The lowest BCUT2D eigenvalue weighted by atomic mass is 10.1. The van der Waals surface area contributed by atoms with Crippen LogP contribution in [-0.2, 0) is 9.59 Å². The first-order chi connectivity index (χ1) is 9.20. The third kappa shape index (κ3) is 5.33. The average molecular weight is 296 g/mol. The van der Waals surface area contributed by atoms with Crippen LogP contribution in [0.1, 0.15) is 0 Å². The van der Waals surface area contributed by atoms with Gasteiger partial charge in [-0.3, -0.25) is 14.5 Å². The van der Waals surface area contributed by atoms with Gasteiger partial charge >= 0.3 is 6.18 Å². The zero-order chi connectivity index (χ0) is 15.3. The number of hydrogen-bond donors (Lipinski definition) is 2. The average Bonchev–Trinajstić information content (AvgIpc) is 2.35. The standard InChI is InChI=1S/C11H19F3N4O2/c1-17(2)10(20)8-5-15-3-4-18(8)6-9(19)16-7-11(12,13)14/h8,15H,3-7H2,1-2H3,(H,16,19). The third-order valence-electron chi connectivity index (χ3n) is 2.91. The smallest absolute Gasteiger partial charge is 0.347 e. The van der Waals surface area contributed by atoms with E-state index in [4.69, 9.17) is 0 Å². The topological polar surface area (TPSA) is 64.7 Å². The van der Waals surface area contributed by atoms with Crippen LogP contribution >= 0.6 is 0 Å². The van der Waals surface area contributed by atoms with Gasteiger partial charge in [0.2, 0.25) is 11.8 Å². The van der Waals surface area contributed by atoms with E-state index < -0.39 is 24.7 Å². The van der Waals surface area contributed by atoms with E-state index in [1.54, 1.807) is 19.0 Å². The number of hydrogen-bond acceptors (Lipinski definition) is 4. The Morgan fingerprint density at radius 2 is 2.05 bits per heavy atom. The molecule has 0 aromatic heterocycles. The Hall–Kier alpha value is -1.35. The van der Waals surface area contributed by atoms with Gasteiger partial charge in [0, 0.05) is 33.7 Å². The monoisotopic (exact) mass is 296 g/mol. The van der Waals surface area contributed by atoms with Crippen LogP contribution in [0.25, 0.3) is 0 Å². The Morgan fingerprint density at radius 1 is 1.40 bits per heavy atom. The zero-order valence-electron chi connectivity index (χ0n) is 11.5. The lowest BCUT2D eigenvalue weighted by molar-refractivity contribution is -0.141. The SMILES string of the molecule is CN(C)C(=O)C1CNCCN1CC(=O)NCC(F)(F)F. The molecular weight excluding hydrogens is 277 g/mol. The van der Waals surface area contributed by atoms with Crippen molar-refractivity contribution < 1.29 is 22.8 Å². The van der Waals surface area contributed by atoms with Gasteiger partial charge in [0.25, 0.3) is 0 Å². The van der Waals surface area contributed by atoms with Crippen molar-refractivity contribution in [1.29, 1.82) is 0 Å². The molecule has 1 aliphatic rings. The van der Waals surface area contributed by atoms with Crippen LogP contribution in [0.4, 0.5) is 13.2 Å². The van der Waals surface area contributed by atoms with Crippen LogP contribution in [0.15, 0.2) is 0 Å². The Morgan fingerprint density at radius 3 is 2.60 bits per heavy atom. The number of alkyl halides is 3. The van der Waals surface area contributed by atoms with Gasteiger partial charge < -0.3 is 15.5 Å². The van der Waals surface area contributed by atoms with Gasteiger partial charge in [-0.15, -0.1) is 0 Å². The quantitative estimate of drug-likeness (QED) is 0.700. The van der Waals surface area contributed by atoms with Crippen LogP contribution < -0.4 is 10.6 Å². The number of likely N-dealkylation sites (N-methyl/N-ethyl adjacent to an activating group) is 1. The minimum Gasteiger partial charge on any atom is -0.347 e. The molecule has 0 spiro atoms. The van der Waals surface area contributed by atoms with E-state index in [0.29, 0.717) is 19.6 Å². The molecule has 116 valence electrons. The van der Waals surface area contributed by atoms with Crippen molar-refractivity contribution in [3.8, 4) is 0 Å². The van der Waals surface area contributed by atoms with E-state index >= 15 is 0 Å². The van der Waals surface area contributed by atoms with Crippen molar-refractivity contribution in [3.63, 3.8) is 0 Å². The van der Waals surface area contributed by atoms with Gasteiger partial charge in [0.05, 0.1) is 6.54 Å². The molecule has 0 saturated carbocycles. The maximum Gasteiger partial charge on any atom is 0.405 e. The van der Waals surface area contributed by atoms with E-state index in [1.807, 2.05) is 5.32 Å². The molecule has 0 radical (unpaired) electrons. The third-order valence-corrected chi connectivity index (χ3v) is 2.91. The van der Waals surface area contributed by atoms with Gasteiger partial charge in [0.1, 0.15) is 12.6 Å². The van der Waals surface area contributed by atoms with Crippen LogP contribution in [0, 0.1) is 0 Å². The summed E-state index contributed by atoms with van der Waals surface area (Å²) in [7, 11) is 3.19. The van der Waals surface area contributed by atoms with E-state index in [0.717, 1.165) is 0 Å². The summed E-state index contributed by atoms with van der Waals surface area (Å²) < 4.78 is 36.0. The normalized spacial score (nSPS) is 20.6. The van der Waals surface area contributed by atoms with Gasteiger partial charge in [-0.05, 0) is 0 Å². The zero-order valence-corrected chi connectivity index (χ0v) is 11.5. The summed E-state index contributed by atoms with van der Waals surface area (Å²) in [5.74, 6) is -0.915. The van der Waals surface area contributed by atoms with Gasteiger partial charge in [-0.1, -0.05) is 0 Å². The predicted octanol–water partition coefficient (Wildman–Crippen LogP) is -0.973. The molecule has 2 amide bonds. The highest BCUT2D eigenvalue weighted by Crippen LogP contribution is 2.12. The Bertz CT molecular complexity index is 360. The van der Waals surface area contributed by atoms with Crippen LogP contribution in [0.5, 0.6) is 0 Å². The highest BCUT2D eigenvalue weighted by molar-refractivity contribution is 5.83. The van der Waals surface area contributed by atoms with Crippen molar-refractivity contribution in [3.05, 3.63) is 0 Å². The highest BCUT2D eigenvalue weighted by atomic mass is 19.4. The minimum absolute atomic E-state index is 0.180. The molecule has 1 aliphatic heterocycles. The van der Waals surface area contributed by atoms with Crippen molar-refractivity contribution in [2.24, 2.45) is 0 Å². The van der Waals surface area contributed by atoms with E-state index in [1.165, 1.54) is 4.90 Å². The first-order valence-corrected chi connectivity index (χ1v) is 6.20. The summed E-state index contributed by atoms with van der Waals surface area (Å²) in [6.45, 7) is -0.177. The van der Waals surface area contributed by atoms with E-state index in [2.05, 4.69) is 5.32 Å². The molecule has 1 fully saturated rings. The maximum atomic E-state index is 12.0. The number of rotatable bonds is 4. The molecule has 1 atom stereocenters. The van der Waals surface area contributed by atoms with E-state index in [9.17, 15) is 22.8 Å². The fourth-order valence-electron chi connectivity index (χ4n) is 1.92. The number of carbonyl (C=O) groups excluding carboxylic acids is 2. The van der Waals surface area contributed by atoms with Gasteiger partial charge in [-0.2, -0.15) is 13.2 Å². The Balaban J connectivity index is 2.54. The Kier molecular flexibility index (Phi) is 5.75.